The van der Waals surface area contributed by atoms with Gasteiger partial charge < -0.3 is 9.47 Å². The molecule has 148 valence electrons. The van der Waals surface area contributed by atoms with Crippen LogP contribution in [0.3, 0.4) is 0 Å². The minimum absolute atomic E-state index is 0.102. The molecule has 0 aromatic rings. The summed E-state index contributed by atoms with van der Waals surface area (Å²) in [5, 5.41) is 0. The lowest BCUT2D eigenvalue weighted by Gasteiger charge is -2.57. The molecule has 1 saturated carbocycles. The summed E-state index contributed by atoms with van der Waals surface area (Å²) in [7, 11) is 2.74. The average molecular weight is 374 g/mol. The Morgan fingerprint density at radius 3 is 2.11 bits per heavy atom. The Labute approximate surface area is 161 Å². The Bertz CT molecular complexity index is 779. The van der Waals surface area contributed by atoms with E-state index in [-0.39, 0.29) is 34.3 Å². The molecule has 0 aromatic carbocycles. The number of hydrogen-bond donors (Lipinski definition) is 0. The highest BCUT2D eigenvalue weighted by molar-refractivity contribution is 6.27. The van der Waals surface area contributed by atoms with Gasteiger partial charge in [0.05, 0.1) is 5.57 Å². The molecular weight excluding hydrogens is 344 g/mol. The zero-order valence-corrected chi connectivity index (χ0v) is 17.4. The normalized spacial score (nSPS) is 32.4. The number of Topliss-reactive ketones (excluding diaryl/α,β-unsaturated/α-hetero) is 2. The standard InChI is InChI=1S/C22H30O5/c1-12(2)13-11-14(23)15-16(17(13)24)22(26-6,27-7)19(25)18-20(3,4)9-8-10-21(15,18)5/h11-12,18H,8-10H2,1-7H3. The van der Waals surface area contributed by atoms with E-state index >= 15 is 0 Å². The second kappa shape index (κ2) is 6.21. The summed E-state index contributed by atoms with van der Waals surface area (Å²) in [6.07, 6.45) is 3.93. The number of carbonyl (C=O) groups excluding carboxylic acids is 3. The lowest BCUT2D eigenvalue weighted by Crippen LogP contribution is -2.64. The van der Waals surface area contributed by atoms with Crippen LogP contribution in [0.4, 0.5) is 0 Å². The van der Waals surface area contributed by atoms with E-state index in [4.69, 9.17) is 9.47 Å². The van der Waals surface area contributed by atoms with Crippen LogP contribution in [0.5, 0.6) is 0 Å². The third kappa shape index (κ3) is 2.47. The minimum atomic E-state index is -1.82. The van der Waals surface area contributed by atoms with E-state index < -0.39 is 17.1 Å². The van der Waals surface area contributed by atoms with Gasteiger partial charge in [0.2, 0.25) is 5.78 Å². The Kier molecular flexibility index (Phi) is 4.64. The van der Waals surface area contributed by atoms with Crippen LogP contribution in [0.25, 0.3) is 0 Å². The van der Waals surface area contributed by atoms with Crippen molar-refractivity contribution in [1.29, 1.82) is 0 Å². The van der Waals surface area contributed by atoms with Crippen LogP contribution in [-0.2, 0) is 23.9 Å². The van der Waals surface area contributed by atoms with Gasteiger partial charge in [-0.05, 0) is 30.3 Å². The molecule has 1 fully saturated rings. The van der Waals surface area contributed by atoms with E-state index in [0.717, 1.165) is 12.8 Å². The smallest absolute Gasteiger partial charge is 0.260 e. The van der Waals surface area contributed by atoms with Crippen molar-refractivity contribution in [3.05, 3.63) is 22.8 Å². The van der Waals surface area contributed by atoms with Gasteiger partial charge in [0.25, 0.3) is 5.79 Å². The molecule has 0 bridgehead atoms. The first-order valence-electron chi connectivity index (χ1n) is 9.68. The second-order valence-corrected chi connectivity index (χ2v) is 9.28. The summed E-state index contributed by atoms with van der Waals surface area (Å²) in [6, 6.07) is 0. The highest BCUT2D eigenvalue weighted by atomic mass is 16.7. The number of carbonyl (C=O) groups is 3. The van der Waals surface area contributed by atoms with Crippen molar-refractivity contribution in [3.8, 4) is 0 Å². The van der Waals surface area contributed by atoms with E-state index in [0.29, 0.717) is 17.6 Å². The van der Waals surface area contributed by atoms with Gasteiger partial charge in [0.15, 0.2) is 11.6 Å². The molecule has 5 nitrogen and oxygen atoms in total. The first-order valence-corrected chi connectivity index (χ1v) is 9.68. The van der Waals surface area contributed by atoms with E-state index in [9.17, 15) is 14.4 Å². The molecule has 0 N–H and O–H groups in total. The number of methoxy groups -OCH3 is 2. The van der Waals surface area contributed by atoms with Gasteiger partial charge in [-0.15, -0.1) is 0 Å². The number of ether oxygens (including phenoxy) is 2. The molecule has 0 aromatic heterocycles. The van der Waals surface area contributed by atoms with Crippen molar-refractivity contribution >= 4 is 17.3 Å². The van der Waals surface area contributed by atoms with Crippen LogP contribution in [0, 0.1) is 22.7 Å². The quantitative estimate of drug-likeness (QED) is 0.559. The monoisotopic (exact) mass is 374 g/mol. The van der Waals surface area contributed by atoms with Crippen LogP contribution < -0.4 is 0 Å². The lowest BCUT2D eigenvalue weighted by molar-refractivity contribution is -0.209. The van der Waals surface area contributed by atoms with Gasteiger partial charge in [0.1, 0.15) is 0 Å². The van der Waals surface area contributed by atoms with Crippen LogP contribution in [0.15, 0.2) is 22.8 Å². The fourth-order valence-corrected chi connectivity index (χ4v) is 5.75. The Hall–Kier alpha value is -1.59. The largest absolute Gasteiger partial charge is 0.343 e. The highest BCUT2D eigenvalue weighted by Gasteiger charge is 2.66. The number of fused-ring (bicyclic) bond motifs is 2. The van der Waals surface area contributed by atoms with E-state index in [1.807, 2.05) is 20.8 Å². The maximum atomic E-state index is 13.8. The molecule has 27 heavy (non-hydrogen) atoms. The highest BCUT2D eigenvalue weighted by Crippen LogP contribution is 2.61. The van der Waals surface area contributed by atoms with Crippen molar-refractivity contribution in [2.75, 3.05) is 14.2 Å². The van der Waals surface area contributed by atoms with Gasteiger partial charge in [0, 0.05) is 36.7 Å². The lowest BCUT2D eigenvalue weighted by atomic mass is 9.47. The molecule has 2 atom stereocenters. The third-order valence-electron chi connectivity index (χ3n) is 6.89. The molecule has 0 aliphatic heterocycles. The Morgan fingerprint density at radius 1 is 1.00 bits per heavy atom. The van der Waals surface area contributed by atoms with Crippen LogP contribution in [-0.4, -0.2) is 37.4 Å². The van der Waals surface area contributed by atoms with Crippen molar-refractivity contribution in [1.82, 2.24) is 0 Å². The number of rotatable bonds is 3. The van der Waals surface area contributed by atoms with Gasteiger partial charge in [-0.25, -0.2) is 0 Å². The molecule has 0 heterocycles. The summed E-state index contributed by atoms with van der Waals surface area (Å²) in [4.78, 5) is 40.5. The predicted molar refractivity (Wildman–Crippen MR) is 101 cm³/mol. The summed E-state index contributed by atoms with van der Waals surface area (Å²) in [5.74, 6) is -3.16. The molecule has 3 rings (SSSR count). The van der Waals surface area contributed by atoms with Crippen molar-refractivity contribution in [2.45, 2.75) is 59.7 Å². The van der Waals surface area contributed by atoms with Gasteiger partial charge in [-0.1, -0.05) is 41.0 Å². The second-order valence-electron chi connectivity index (χ2n) is 9.28. The Balaban J connectivity index is 2.38. The first-order chi connectivity index (χ1) is 12.5. The number of ketones is 3. The molecule has 0 radical (unpaired) electrons. The van der Waals surface area contributed by atoms with Crippen molar-refractivity contribution in [2.24, 2.45) is 22.7 Å². The van der Waals surface area contributed by atoms with Crippen LogP contribution in [0.1, 0.15) is 53.9 Å². The van der Waals surface area contributed by atoms with Crippen LogP contribution in [0.2, 0.25) is 0 Å². The zero-order chi connectivity index (χ0) is 20.4. The molecule has 0 amide bonds. The average Bonchev–Trinajstić information content (AvgIpc) is 2.57. The fourth-order valence-electron chi connectivity index (χ4n) is 5.75. The van der Waals surface area contributed by atoms with Crippen LogP contribution >= 0.6 is 0 Å². The predicted octanol–water partition coefficient (Wildman–Crippen LogP) is 3.42. The Morgan fingerprint density at radius 2 is 1.59 bits per heavy atom. The summed E-state index contributed by atoms with van der Waals surface area (Å²) >= 11 is 0. The first kappa shape index (κ1) is 20.2. The zero-order valence-electron chi connectivity index (χ0n) is 17.4. The molecule has 5 heteroatoms. The maximum Gasteiger partial charge on any atom is 0.260 e. The summed E-state index contributed by atoms with van der Waals surface area (Å²) in [5.41, 5.74) is -0.0955. The summed E-state index contributed by atoms with van der Waals surface area (Å²) < 4.78 is 11.2. The molecule has 3 aliphatic rings. The SMILES string of the molecule is COC1(OC)C(=O)C2C(C)(C)CCCC2(C)C2=C1C(=O)C(C(C)C)=CC2=O. The van der Waals surface area contributed by atoms with Gasteiger partial charge >= 0.3 is 0 Å². The third-order valence-corrected chi connectivity index (χ3v) is 6.89. The molecule has 2 unspecified atom stereocenters. The number of hydrogen-bond acceptors (Lipinski definition) is 5. The van der Waals surface area contributed by atoms with Crippen molar-refractivity contribution < 1.29 is 23.9 Å². The topological polar surface area (TPSA) is 69.7 Å². The van der Waals surface area contributed by atoms with Gasteiger partial charge in [-0.3, -0.25) is 14.4 Å². The van der Waals surface area contributed by atoms with E-state index in [2.05, 4.69) is 13.8 Å². The number of allylic oxidation sites excluding steroid dienone is 3. The van der Waals surface area contributed by atoms with Gasteiger partial charge in [-0.2, -0.15) is 0 Å². The molecular formula is C22H30O5. The van der Waals surface area contributed by atoms with E-state index in [1.165, 1.54) is 20.3 Å². The molecule has 0 spiro atoms. The van der Waals surface area contributed by atoms with E-state index in [1.54, 1.807) is 0 Å². The maximum absolute atomic E-state index is 13.8. The minimum Gasteiger partial charge on any atom is -0.343 e. The molecule has 0 saturated heterocycles. The summed E-state index contributed by atoms with van der Waals surface area (Å²) in [6.45, 7) is 9.80. The molecule has 3 aliphatic carbocycles. The fraction of sp³-hybridized carbons (Fsp3) is 0.682. The van der Waals surface area contributed by atoms with Crippen molar-refractivity contribution in [3.63, 3.8) is 0 Å².